The lowest BCUT2D eigenvalue weighted by atomic mass is 10.1. The Morgan fingerprint density at radius 2 is 1.83 bits per heavy atom. The summed E-state index contributed by atoms with van der Waals surface area (Å²) in [5.41, 5.74) is 2.10. The third-order valence-electron chi connectivity index (χ3n) is 3.62. The van der Waals surface area contributed by atoms with Crippen LogP contribution < -0.4 is 0 Å². The molecule has 0 aliphatic carbocycles. The number of rotatable bonds is 2. The van der Waals surface area contributed by atoms with Crippen molar-refractivity contribution >= 4 is 5.91 Å². The summed E-state index contributed by atoms with van der Waals surface area (Å²) >= 11 is 0. The quantitative estimate of drug-likeness (QED) is 0.797. The first-order chi connectivity index (χ1) is 8.70. The Bertz CT molecular complexity index is 399. The number of hydrogen-bond donors (Lipinski definition) is 0. The second kappa shape index (κ2) is 6.01. The van der Waals surface area contributed by atoms with Gasteiger partial charge in [0.05, 0.1) is 0 Å². The highest BCUT2D eigenvalue weighted by Crippen LogP contribution is 2.10. The van der Waals surface area contributed by atoms with Gasteiger partial charge in [-0.1, -0.05) is 19.1 Å². The fourth-order valence-corrected chi connectivity index (χ4v) is 2.32. The SMILES string of the molecule is CCc1ccc(C(=O)N2CCCN(C)CC2)cc1. The maximum atomic E-state index is 12.4. The van der Waals surface area contributed by atoms with E-state index in [9.17, 15) is 4.79 Å². The van der Waals surface area contributed by atoms with Crippen molar-refractivity contribution in [2.24, 2.45) is 0 Å². The van der Waals surface area contributed by atoms with Gasteiger partial charge in [-0.2, -0.15) is 0 Å². The van der Waals surface area contributed by atoms with Gasteiger partial charge in [-0.25, -0.2) is 0 Å². The molecule has 0 aromatic heterocycles. The van der Waals surface area contributed by atoms with Crippen molar-refractivity contribution in [3.8, 4) is 0 Å². The second-order valence-corrected chi connectivity index (χ2v) is 5.00. The third kappa shape index (κ3) is 3.10. The summed E-state index contributed by atoms with van der Waals surface area (Å²) in [6.45, 7) is 5.89. The molecule has 1 saturated heterocycles. The number of likely N-dealkylation sites (N-methyl/N-ethyl adjacent to an activating group) is 1. The minimum atomic E-state index is 0.174. The van der Waals surface area contributed by atoms with Crippen LogP contribution in [0.15, 0.2) is 24.3 Å². The second-order valence-electron chi connectivity index (χ2n) is 5.00. The van der Waals surface area contributed by atoms with Crippen molar-refractivity contribution in [2.45, 2.75) is 19.8 Å². The van der Waals surface area contributed by atoms with Gasteiger partial charge in [0.25, 0.3) is 5.91 Å². The molecule has 0 atom stereocenters. The van der Waals surface area contributed by atoms with Crippen LogP contribution in [-0.4, -0.2) is 48.9 Å². The van der Waals surface area contributed by atoms with Gasteiger partial charge in [0.15, 0.2) is 0 Å². The zero-order valence-corrected chi connectivity index (χ0v) is 11.4. The number of carbonyl (C=O) groups is 1. The highest BCUT2D eigenvalue weighted by Gasteiger charge is 2.18. The summed E-state index contributed by atoms with van der Waals surface area (Å²) in [6, 6.07) is 8.01. The van der Waals surface area contributed by atoms with Gasteiger partial charge in [0.1, 0.15) is 0 Å². The number of benzene rings is 1. The Labute approximate surface area is 109 Å². The molecule has 0 N–H and O–H groups in total. The van der Waals surface area contributed by atoms with E-state index in [1.54, 1.807) is 0 Å². The smallest absolute Gasteiger partial charge is 0.253 e. The molecule has 1 aromatic carbocycles. The molecule has 1 amide bonds. The lowest BCUT2D eigenvalue weighted by Crippen LogP contribution is -2.34. The van der Waals surface area contributed by atoms with Crippen LogP contribution in [0.25, 0.3) is 0 Å². The fourth-order valence-electron chi connectivity index (χ4n) is 2.32. The number of hydrogen-bond acceptors (Lipinski definition) is 2. The molecule has 0 radical (unpaired) electrons. The molecular weight excluding hydrogens is 224 g/mol. The van der Waals surface area contributed by atoms with Crippen LogP contribution >= 0.6 is 0 Å². The Kier molecular flexibility index (Phi) is 4.37. The largest absolute Gasteiger partial charge is 0.337 e. The highest BCUT2D eigenvalue weighted by atomic mass is 16.2. The zero-order chi connectivity index (χ0) is 13.0. The Hall–Kier alpha value is -1.35. The maximum Gasteiger partial charge on any atom is 0.253 e. The molecule has 1 aliphatic rings. The van der Waals surface area contributed by atoms with Crippen LogP contribution in [0.4, 0.5) is 0 Å². The average molecular weight is 246 g/mol. The molecule has 1 fully saturated rings. The summed E-state index contributed by atoms with van der Waals surface area (Å²) < 4.78 is 0. The van der Waals surface area contributed by atoms with E-state index in [2.05, 4.69) is 31.0 Å². The average Bonchev–Trinajstić information content (AvgIpc) is 2.63. The van der Waals surface area contributed by atoms with Crippen molar-refractivity contribution in [1.29, 1.82) is 0 Å². The topological polar surface area (TPSA) is 23.6 Å². The molecule has 18 heavy (non-hydrogen) atoms. The van der Waals surface area contributed by atoms with E-state index >= 15 is 0 Å². The predicted molar refractivity (Wildman–Crippen MR) is 73.8 cm³/mol. The molecule has 0 bridgehead atoms. The van der Waals surface area contributed by atoms with Crippen molar-refractivity contribution in [3.63, 3.8) is 0 Å². The van der Waals surface area contributed by atoms with E-state index < -0.39 is 0 Å². The molecule has 0 unspecified atom stereocenters. The number of amides is 1. The third-order valence-corrected chi connectivity index (χ3v) is 3.62. The van der Waals surface area contributed by atoms with E-state index in [0.717, 1.165) is 44.6 Å². The minimum absolute atomic E-state index is 0.174. The van der Waals surface area contributed by atoms with Gasteiger partial charge < -0.3 is 9.80 Å². The number of aryl methyl sites for hydroxylation is 1. The van der Waals surface area contributed by atoms with Crippen LogP contribution in [0, 0.1) is 0 Å². The number of nitrogens with zero attached hydrogens (tertiary/aromatic N) is 2. The summed E-state index contributed by atoms with van der Waals surface area (Å²) in [4.78, 5) is 16.6. The molecule has 3 nitrogen and oxygen atoms in total. The normalized spacial score (nSPS) is 17.6. The molecule has 1 aromatic rings. The minimum Gasteiger partial charge on any atom is -0.337 e. The van der Waals surface area contributed by atoms with Gasteiger partial charge in [0, 0.05) is 25.2 Å². The van der Waals surface area contributed by atoms with E-state index in [4.69, 9.17) is 0 Å². The van der Waals surface area contributed by atoms with Gasteiger partial charge >= 0.3 is 0 Å². The van der Waals surface area contributed by atoms with Crippen LogP contribution in [0.1, 0.15) is 29.3 Å². The molecule has 98 valence electrons. The summed E-state index contributed by atoms with van der Waals surface area (Å²) in [6.07, 6.45) is 2.08. The van der Waals surface area contributed by atoms with Gasteiger partial charge in [-0.15, -0.1) is 0 Å². The summed E-state index contributed by atoms with van der Waals surface area (Å²) in [5, 5.41) is 0. The first-order valence-corrected chi connectivity index (χ1v) is 6.77. The molecule has 0 saturated carbocycles. The number of carbonyl (C=O) groups excluding carboxylic acids is 1. The lowest BCUT2D eigenvalue weighted by molar-refractivity contribution is 0.0763. The summed E-state index contributed by atoms with van der Waals surface area (Å²) in [7, 11) is 2.12. The van der Waals surface area contributed by atoms with E-state index in [1.807, 2.05) is 17.0 Å². The van der Waals surface area contributed by atoms with Crippen molar-refractivity contribution in [3.05, 3.63) is 35.4 Å². The Morgan fingerprint density at radius 1 is 1.11 bits per heavy atom. The standard InChI is InChI=1S/C15H22N2O/c1-3-13-5-7-14(8-6-13)15(18)17-10-4-9-16(2)11-12-17/h5-8H,3-4,9-12H2,1-2H3. The zero-order valence-electron chi connectivity index (χ0n) is 11.4. The molecule has 2 rings (SSSR count). The van der Waals surface area contributed by atoms with Gasteiger partial charge in [0.2, 0.25) is 0 Å². The highest BCUT2D eigenvalue weighted by molar-refractivity contribution is 5.94. The fraction of sp³-hybridized carbons (Fsp3) is 0.533. The van der Waals surface area contributed by atoms with Crippen molar-refractivity contribution < 1.29 is 4.79 Å². The first kappa shape index (κ1) is 13.1. The molecular formula is C15H22N2O. The first-order valence-electron chi connectivity index (χ1n) is 6.77. The van der Waals surface area contributed by atoms with Crippen LogP contribution in [0.2, 0.25) is 0 Å². The molecule has 1 aliphatic heterocycles. The molecule has 3 heteroatoms. The van der Waals surface area contributed by atoms with E-state index in [1.165, 1.54) is 5.56 Å². The van der Waals surface area contributed by atoms with Gasteiger partial charge in [-0.3, -0.25) is 4.79 Å². The molecule has 1 heterocycles. The summed E-state index contributed by atoms with van der Waals surface area (Å²) in [5.74, 6) is 0.174. The van der Waals surface area contributed by atoms with E-state index in [-0.39, 0.29) is 5.91 Å². The van der Waals surface area contributed by atoms with E-state index in [0.29, 0.717) is 0 Å². The van der Waals surface area contributed by atoms with Gasteiger partial charge in [-0.05, 0) is 44.1 Å². The lowest BCUT2D eigenvalue weighted by Gasteiger charge is -2.20. The van der Waals surface area contributed by atoms with Crippen LogP contribution in [-0.2, 0) is 6.42 Å². The predicted octanol–water partition coefficient (Wildman–Crippen LogP) is 2.03. The van der Waals surface area contributed by atoms with Crippen LogP contribution in [0.3, 0.4) is 0 Å². The monoisotopic (exact) mass is 246 g/mol. The Balaban J connectivity index is 2.05. The van der Waals surface area contributed by atoms with Crippen LogP contribution in [0.5, 0.6) is 0 Å². The molecule has 0 spiro atoms. The van der Waals surface area contributed by atoms with Crippen molar-refractivity contribution in [1.82, 2.24) is 9.80 Å². The Morgan fingerprint density at radius 3 is 2.50 bits per heavy atom. The maximum absolute atomic E-state index is 12.4. The van der Waals surface area contributed by atoms with Crippen molar-refractivity contribution in [2.75, 3.05) is 33.2 Å².